The number of para-hydroxylation sites is 1. The second kappa shape index (κ2) is 13.6. The summed E-state index contributed by atoms with van der Waals surface area (Å²) >= 11 is 0. The Kier molecular flexibility index (Phi) is 7.78. The summed E-state index contributed by atoms with van der Waals surface area (Å²) in [6.07, 6.45) is 0. The van der Waals surface area contributed by atoms with E-state index in [0.717, 1.165) is 50.0 Å². The first-order valence-electron chi connectivity index (χ1n) is 19.3. The Balaban J connectivity index is 1.18. The van der Waals surface area contributed by atoms with Gasteiger partial charge in [0.2, 0.25) is 0 Å². The maximum atomic E-state index is 5.25. The summed E-state index contributed by atoms with van der Waals surface area (Å²) in [6, 6.07) is 72.7. The van der Waals surface area contributed by atoms with Crippen molar-refractivity contribution in [3.8, 4) is 67.5 Å². The summed E-state index contributed by atoms with van der Waals surface area (Å²) in [5, 5.41) is 4.84. The SMILES string of the molecule is c1ccc(-c2cccc(-c3nc(-c4cccc(-c5ccccc5)c4)nc(-c4ccc5c(-c6ccccc6)c6c7ccccc7c7ccccc7n6c5c4)n3)c2)cc1. The molecule has 0 atom stereocenters. The van der Waals surface area contributed by atoms with Crippen LogP contribution in [0.2, 0.25) is 0 Å². The van der Waals surface area contributed by atoms with Crippen molar-refractivity contribution in [1.29, 1.82) is 0 Å². The smallest absolute Gasteiger partial charge is 0.164 e. The van der Waals surface area contributed by atoms with E-state index in [1.807, 2.05) is 12.1 Å². The van der Waals surface area contributed by atoms with E-state index in [2.05, 4.69) is 199 Å². The van der Waals surface area contributed by atoms with E-state index in [9.17, 15) is 0 Å². The molecule has 4 nitrogen and oxygen atoms in total. The zero-order valence-electron chi connectivity index (χ0n) is 30.9. The van der Waals surface area contributed by atoms with Crippen molar-refractivity contribution in [2.24, 2.45) is 0 Å². The van der Waals surface area contributed by atoms with E-state index >= 15 is 0 Å². The van der Waals surface area contributed by atoms with Crippen LogP contribution in [0.5, 0.6) is 0 Å². The van der Waals surface area contributed by atoms with Crippen LogP contribution in [0.1, 0.15) is 0 Å². The van der Waals surface area contributed by atoms with Gasteiger partial charge in [-0.2, -0.15) is 0 Å². The molecule has 0 aliphatic carbocycles. The minimum atomic E-state index is 0.619. The average Bonchev–Trinajstić information content (AvgIpc) is 3.65. The van der Waals surface area contributed by atoms with Crippen LogP contribution in [-0.2, 0) is 0 Å². The van der Waals surface area contributed by atoms with Gasteiger partial charge < -0.3 is 4.40 Å². The molecule has 0 amide bonds. The molecule has 4 heteroatoms. The van der Waals surface area contributed by atoms with Crippen LogP contribution in [0.15, 0.2) is 206 Å². The van der Waals surface area contributed by atoms with E-state index < -0.39 is 0 Å². The Morgan fingerprint density at radius 1 is 0.263 bits per heavy atom. The molecule has 0 saturated heterocycles. The Bertz CT molecular complexity index is 3180. The normalized spacial score (nSPS) is 11.5. The lowest BCUT2D eigenvalue weighted by Crippen LogP contribution is -2.00. The van der Waals surface area contributed by atoms with Crippen molar-refractivity contribution in [3.63, 3.8) is 0 Å². The highest BCUT2D eigenvalue weighted by Crippen LogP contribution is 2.43. The van der Waals surface area contributed by atoms with Crippen LogP contribution >= 0.6 is 0 Å². The van der Waals surface area contributed by atoms with Gasteiger partial charge in [-0.05, 0) is 57.5 Å². The minimum absolute atomic E-state index is 0.619. The zero-order chi connectivity index (χ0) is 37.7. The summed E-state index contributed by atoms with van der Waals surface area (Å²) in [6.45, 7) is 0. The van der Waals surface area contributed by atoms with Gasteiger partial charge in [0.25, 0.3) is 0 Å². The first-order chi connectivity index (χ1) is 28.3. The van der Waals surface area contributed by atoms with Gasteiger partial charge in [0.1, 0.15) is 0 Å². The van der Waals surface area contributed by atoms with E-state index in [1.54, 1.807) is 0 Å². The fourth-order valence-corrected chi connectivity index (χ4v) is 8.35. The molecule has 11 aromatic rings. The van der Waals surface area contributed by atoms with E-state index in [-0.39, 0.29) is 0 Å². The number of pyridine rings is 1. The molecule has 266 valence electrons. The lowest BCUT2D eigenvalue weighted by atomic mass is 9.98. The fourth-order valence-electron chi connectivity index (χ4n) is 8.35. The number of aromatic nitrogens is 4. The van der Waals surface area contributed by atoms with Gasteiger partial charge in [-0.15, -0.1) is 0 Å². The standard InChI is InChI=1S/C53H34N4/c1-4-16-35(17-5-1)38-22-14-24-40(32-38)51-54-52(41-25-15-23-39(33-41)36-18-6-2-7-19-36)56-53(55-51)42-30-31-46-48(34-42)57-47-29-13-12-27-44(47)43-26-10-11-28-45(43)50(57)49(46)37-20-8-3-9-21-37/h1-34H. The van der Waals surface area contributed by atoms with Crippen molar-refractivity contribution < 1.29 is 0 Å². The van der Waals surface area contributed by atoms with Crippen molar-refractivity contribution in [2.45, 2.75) is 0 Å². The predicted octanol–water partition coefficient (Wildman–Crippen LogP) is 13.6. The number of benzene rings is 8. The summed E-state index contributed by atoms with van der Waals surface area (Å²) in [7, 11) is 0. The summed E-state index contributed by atoms with van der Waals surface area (Å²) < 4.78 is 2.44. The van der Waals surface area contributed by atoms with Gasteiger partial charge in [0.05, 0.1) is 16.6 Å². The molecule has 0 spiro atoms. The molecule has 3 aromatic heterocycles. The van der Waals surface area contributed by atoms with Gasteiger partial charge in [-0.1, -0.05) is 182 Å². The highest BCUT2D eigenvalue weighted by atomic mass is 15.0. The number of rotatable bonds is 6. The quantitative estimate of drug-likeness (QED) is 0.160. The molecule has 0 fully saturated rings. The molecular formula is C53H34N4. The third-order valence-corrected chi connectivity index (χ3v) is 11.0. The molecule has 0 saturated carbocycles. The van der Waals surface area contributed by atoms with Crippen LogP contribution < -0.4 is 0 Å². The zero-order valence-corrected chi connectivity index (χ0v) is 30.9. The molecule has 3 heterocycles. The topological polar surface area (TPSA) is 43.1 Å². The van der Waals surface area contributed by atoms with Crippen LogP contribution in [0.4, 0.5) is 0 Å². The van der Waals surface area contributed by atoms with Crippen LogP contribution in [0, 0.1) is 0 Å². The maximum absolute atomic E-state index is 5.25. The first-order valence-corrected chi connectivity index (χ1v) is 19.3. The van der Waals surface area contributed by atoms with Gasteiger partial charge in [-0.3, -0.25) is 0 Å². The Labute approximate surface area is 330 Å². The van der Waals surface area contributed by atoms with E-state index in [0.29, 0.717) is 17.5 Å². The molecular weight excluding hydrogens is 693 g/mol. The molecule has 0 N–H and O–H groups in total. The Hall–Kier alpha value is -7.69. The van der Waals surface area contributed by atoms with Crippen molar-refractivity contribution >= 4 is 38.1 Å². The van der Waals surface area contributed by atoms with Crippen molar-refractivity contribution in [1.82, 2.24) is 19.4 Å². The molecule has 11 rings (SSSR count). The minimum Gasteiger partial charge on any atom is -0.308 e. The van der Waals surface area contributed by atoms with Gasteiger partial charge >= 0.3 is 0 Å². The first kappa shape index (κ1) is 32.7. The monoisotopic (exact) mass is 726 g/mol. The fraction of sp³-hybridized carbons (Fsp3) is 0. The van der Waals surface area contributed by atoms with Crippen LogP contribution in [0.3, 0.4) is 0 Å². The van der Waals surface area contributed by atoms with Crippen molar-refractivity contribution in [3.05, 3.63) is 206 Å². The van der Waals surface area contributed by atoms with E-state index in [4.69, 9.17) is 15.0 Å². The molecule has 0 bridgehead atoms. The molecule has 0 radical (unpaired) electrons. The third-order valence-electron chi connectivity index (χ3n) is 11.0. The van der Waals surface area contributed by atoms with Gasteiger partial charge in [-0.25, -0.2) is 15.0 Å². The largest absolute Gasteiger partial charge is 0.308 e. The highest BCUT2D eigenvalue weighted by Gasteiger charge is 2.21. The number of nitrogens with zero attached hydrogens (tertiary/aromatic N) is 4. The third kappa shape index (κ3) is 5.66. The lowest BCUT2D eigenvalue weighted by Gasteiger charge is -2.12. The second-order valence-corrected chi connectivity index (χ2v) is 14.4. The highest BCUT2D eigenvalue weighted by molar-refractivity contribution is 6.22. The number of hydrogen-bond acceptors (Lipinski definition) is 3. The van der Waals surface area contributed by atoms with Crippen LogP contribution in [0.25, 0.3) is 106 Å². The Morgan fingerprint density at radius 3 is 1.28 bits per heavy atom. The summed E-state index contributed by atoms with van der Waals surface area (Å²) in [5.74, 6) is 1.87. The average molecular weight is 727 g/mol. The summed E-state index contributed by atoms with van der Waals surface area (Å²) in [5.41, 5.74) is 13.1. The predicted molar refractivity (Wildman–Crippen MR) is 236 cm³/mol. The lowest BCUT2D eigenvalue weighted by molar-refractivity contribution is 1.07. The molecule has 57 heavy (non-hydrogen) atoms. The molecule has 8 aromatic carbocycles. The van der Waals surface area contributed by atoms with Gasteiger partial charge in [0.15, 0.2) is 17.5 Å². The molecule has 0 aliphatic heterocycles. The van der Waals surface area contributed by atoms with Crippen LogP contribution in [-0.4, -0.2) is 19.4 Å². The van der Waals surface area contributed by atoms with Gasteiger partial charge in [0, 0.05) is 38.4 Å². The second-order valence-electron chi connectivity index (χ2n) is 14.4. The van der Waals surface area contributed by atoms with Crippen molar-refractivity contribution in [2.75, 3.05) is 0 Å². The van der Waals surface area contributed by atoms with E-state index in [1.165, 1.54) is 38.2 Å². The number of hydrogen-bond donors (Lipinski definition) is 0. The summed E-state index contributed by atoms with van der Waals surface area (Å²) in [4.78, 5) is 15.7. The molecule has 0 unspecified atom stereocenters. The maximum Gasteiger partial charge on any atom is 0.164 e. The number of fused-ring (bicyclic) bond motifs is 8. The molecule has 0 aliphatic rings. The Morgan fingerprint density at radius 2 is 0.702 bits per heavy atom.